The SMILES string of the molecule is CC.CC.CC.CC(=O)CC(C)(C)C(C)(C)CNC(=O)CN(C)CC(=O)NCC(C)(C)C(C)(C)CC(=O)N1CCCC1CO.CO. The minimum Gasteiger partial charge on any atom is -0.400 e. The molecular formula is C36H76N4O6. The van der Waals surface area contributed by atoms with Crippen LogP contribution in [0.3, 0.4) is 0 Å². The van der Waals surface area contributed by atoms with Gasteiger partial charge in [0.05, 0.1) is 25.7 Å². The molecule has 1 aliphatic heterocycles. The number of hydrogen-bond acceptors (Lipinski definition) is 7. The van der Waals surface area contributed by atoms with Gasteiger partial charge >= 0.3 is 0 Å². The van der Waals surface area contributed by atoms with Crippen LogP contribution in [0.15, 0.2) is 0 Å². The molecule has 1 aliphatic rings. The number of rotatable bonds is 15. The van der Waals surface area contributed by atoms with E-state index in [1.165, 1.54) is 0 Å². The summed E-state index contributed by atoms with van der Waals surface area (Å²) in [6.45, 7) is 31.6. The van der Waals surface area contributed by atoms with E-state index in [1.807, 2.05) is 96.9 Å². The molecule has 1 rings (SSSR count). The van der Waals surface area contributed by atoms with Crippen molar-refractivity contribution in [3.05, 3.63) is 0 Å². The van der Waals surface area contributed by atoms with E-state index < -0.39 is 0 Å². The number of aliphatic hydroxyl groups excluding tert-OH is 2. The van der Waals surface area contributed by atoms with Gasteiger partial charge < -0.3 is 30.5 Å². The summed E-state index contributed by atoms with van der Waals surface area (Å²) < 4.78 is 0. The number of carbonyl (C=O) groups is 4. The number of nitrogens with zero attached hydrogens (tertiary/aromatic N) is 2. The van der Waals surface area contributed by atoms with Crippen LogP contribution >= 0.6 is 0 Å². The van der Waals surface area contributed by atoms with Crippen LogP contribution in [0.4, 0.5) is 0 Å². The first-order valence-corrected chi connectivity index (χ1v) is 17.3. The Kier molecular flexibility index (Phi) is 27.7. The highest BCUT2D eigenvalue weighted by Gasteiger charge is 2.41. The Hall–Kier alpha value is -2.04. The molecule has 10 heteroatoms. The lowest BCUT2D eigenvalue weighted by atomic mass is 9.65. The van der Waals surface area contributed by atoms with Gasteiger partial charge in [-0.3, -0.25) is 19.3 Å². The van der Waals surface area contributed by atoms with Gasteiger partial charge in [-0.1, -0.05) is 96.9 Å². The van der Waals surface area contributed by atoms with Crippen LogP contribution in [0.2, 0.25) is 0 Å². The first-order chi connectivity index (χ1) is 21.2. The first kappa shape index (κ1) is 50.8. The molecule has 46 heavy (non-hydrogen) atoms. The number of carbonyl (C=O) groups excluding carboxylic acids is 4. The van der Waals surface area contributed by atoms with Crippen molar-refractivity contribution < 1.29 is 29.4 Å². The quantitative estimate of drug-likeness (QED) is 0.187. The van der Waals surface area contributed by atoms with E-state index in [2.05, 4.69) is 10.6 Å². The van der Waals surface area contributed by atoms with E-state index in [0.717, 1.165) is 20.0 Å². The van der Waals surface area contributed by atoms with Gasteiger partial charge in [0, 0.05) is 39.6 Å². The third kappa shape index (κ3) is 18.3. The molecule has 0 spiro atoms. The average molecular weight is 661 g/mol. The zero-order valence-electron chi connectivity index (χ0n) is 33.1. The summed E-state index contributed by atoms with van der Waals surface area (Å²) in [5, 5.41) is 22.5. The number of amides is 3. The molecule has 3 amide bonds. The summed E-state index contributed by atoms with van der Waals surface area (Å²) >= 11 is 0. The molecule has 4 N–H and O–H groups in total. The van der Waals surface area contributed by atoms with Crippen LogP contribution in [0.5, 0.6) is 0 Å². The second-order valence-electron chi connectivity index (χ2n) is 13.9. The molecule has 1 unspecified atom stereocenters. The van der Waals surface area contributed by atoms with Gasteiger partial charge in [-0.2, -0.15) is 0 Å². The first-order valence-electron chi connectivity index (χ1n) is 17.3. The Bertz CT molecular complexity index is 855. The van der Waals surface area contributed by atoms with Gasteiger partial charge in [0.2, 0.25) is 17.7 Å². The Morgan fingerprint density at radius 2 is 1.09 bits per heavy atom. The number of likely N-dealkylation sites (N-methyl/N-ethyl adjacent to an activating group) is 1. The molecule has 0 aromatic rings. The lowest BCUT2D eigenvalue weighted by molar-refractivity contribution is -0.136. The minimum atomic E-state index is -0.380. The molecule has 0 aliphatic carbocycles. The third-order valence-electron chi connectivity index (χ3n) is 9.14. The van der Waals surface area contributed by atoms with Gasteiger partial charge in [0.1, 0.15) is 5.78 Å². The molecule has 276 valence electrons. The summed E-state index contributed by atoms with van der Waals surface area (Å²) in [6.07, 6.45) is 2.53. The molecule has 0 aromatic carbocycles. The maximum absolute atomic E-state index is 12.9. The van der Waals surface area contributed by atoms with Crippen molar-refractivity contribution in [2.75, 3.05) is 53.5 Å². The smallest absolute Gasteiger partial charge is 0.234 e. The van der Waals surface area contributed by atoms with Crippen LogP contribution < -0.4 is 10.6 Å². The standard InChI is InChI=1S/C29H54N4O5.3C2H6.CH4O/c1-21(35)14-26(2,3)28(6,7)19-30-23(36)16-32(10)17-24(37)31-20-29(8,9)27(4,5)15-25(38)33-13-11-12-22(33)18-34;4*1-2/h22,34H,11-20H2,1-10H3,(H,30,36)(H,31,37);3*1-2H3;2H,1H3. The number of ketones is 1. The van der Waals surface area contributed by atoms with Crippen LogP contribution in [0, 0.1) is 21.7 Å². The molecule has 1 atom stereocenters. The molecule has 1 heterocycles. The zero-order chi connectivity index (χ0) is 37.5. The average Bonchev–Trinajstić information content (AvgIpc) is 3.48. The summed E-state index contributed by atoms with van der Waals surface area (Å²) in [7, 11) is 2.73. The normalized spacial score (nSPS) is 14.6. The van der Waals surface area contributed by atoms with Crippen LogP contribution in [0.1, 0.15) is 130 Å². The highest BCUT2D eigenvalue weighted by atomic mass is 16.3. The van der Waals surface area contributed by atoms with Gasteiger partial charge in [-0.25, -0.2) is 0 Å². The van der Waals surface area contributed by atoms with Crippen molar-refractivity contribution in [1.82, 2.24) is 20.4 Å². The second kappa shape index (κ2) is 25.0. The number of nitrogens with one attached hydrogen (secondary N) is 2. The van der Waals surface area contributed by atoms with Crippen molar-refractivity contribution in [1.29, 1.82) is 0 Å². The largest absolute Gasteiger partial charge is 0.400 e. The predicted molar refractivity (Wildman–Crippen MR) is 193 cm³/mol. The van der Waals surface area contributed by atoms with Gasteiger partial charge in [0.15, 0.2) is 0 Å². The van der Waals surface area contributed by atoms with Crippen molar-refractivity contribution in [2.24, 2.45) is 21.7 Å². The molecule has 0 radical (unpaired) electrons. The molecular weight excluding hydrogens is 584 g/mol. The molecule has 0 bridgehead atoms. The Labute approximate surface area is 283 Å². The fourth-order valence-electron chi connectivity index (χ4n) is 4.71. The summed E-state index contributed by atoms with van der Waals surface area (Å²) in [6, 6.07) is -0.0908. The lowest BCUT2D eigenvalue weighted by Gasteiger charge is -2.42. The maximum atomic E-state index is 12.9. The van der Waals surface area contributed by atoms with E-state index in [1.54, 1.807) is 23.8 Å². The molecule has 1 fully saturated rings. The zero-order valence-corrected chi connectivity index (χ0v) is 33.1. The topological polar surface area (TPSA) is 139 Å². The summed E-state index contributed by atoms with van der Waals surface area (Å²) in [4.78, 5) is 53.2. The summed E-state index contributed by atoms with van der Waals surface area (Å²) in [5.74, 6) is -0.182. The molecule has 0 saturated carbocycles. The highest BCUT2D eigenvalue weighted by molar-refractivity contribution is 5.81. The van der Waals surface area contributed by atoms with Crippen molar-refractivity contribution >= 4 is 23.5 Å². The fourth-order valence-corrected chi connectivity index (χ4v) is 4.71. The maximum Gasteiger partial charge on any atom is 0.234 e. The van der Waals surface area contributed by atoms with Gasteiger partial charge in [0.25, 0.3) is 0 Å². The third-order valence-corrected chi connectivity index (χ3v) is 9.14. The molecule has 0 aromatic heterocycles. The number of aliphatic hydroxyl groups is 2. The molecule has 10 nitrogen and oxygen atoms in total. The van der Waals surface area contributed by atoms with Gasteiger partial charge in [-0.15, -0.1) is 0 Å². The Morgan fingerprint density at radius 1 is 0.717 bits per heavy atom. The molecule has 1 saturated heterocycles. The Balaban J connectivity index is -0.00000102. The minimum absolute atomic E-state index is 0.00717. The van der Waals surface area contributed by atoms with E-state index in [9.17, 15) is 24.3 Å². The number of Topliss-reactive ketones (excluding diaryl/α,β-unsaturated/α-hetero) is 1. The predicted octanol–water partition coefficient (Wildman–Crippen LogP) is 5.30. The van der Waals surface area contributed by atoms with E-state index in [4.69, 9.17) is 5.11 Å². The fraction of sp³-hybridized carbons (Fsp3) is 0.889. The summed E-state index contributed by atoms with van der Waals surface area (Å²) in [5.41, 5.74) is -1.29. The Morgan fingerprint density at radius 3 is 1.43 bits per heavy atom. The van der Waals surface area contributed by atoms with Gasteiger partial charge in [-0.05, 0) is 48.5 Å². The van der Waals surface area contributed by atoms with E-state index in [0.29, 0.717) is 32.5 Å². The van der Waals surface area contributed by atoms with Crippen LogP contribution in [-0.4, -0.2) is 103 Å². The monoisotopic (exact) mass is 661 g/mol. The van der Waals surface area contributed by atoms with Crippen LogP contribution in [-0.2, 0) is 19.2 Å². The highest BCUT2D eigenvalue weighted by Crippen LogP contribution is 2.42. The number of likely N-dealkylation sites (tertiary alicyclic amines) is 1. The lowest BCUT2D eigenvalue weighted by Crippen LogP contribution is -2.49. The van der Waals surface area contributed by atoms with Crippen molar-refractivity contribution in [3.63, 3.8) is 0 Å². The number of hydrogen-bond donors (Lipinski definition) is 4. The van der Waals surface area contributed by atoms with Crippen molar-refractivity contribution in [3.8, 4) is 0 Å². The van der Waals surface area contributed by atoms with E-state index in [-0.39, 0.29) is 70.9 Å². The van der Waals surface area contributed by atoms with Crippen molar-refractivity contribution in [2.45, 2.75) is 136 Å². The van der Waals surface area contributed by atoms with Crippen LogP contribution in [0.25, 0.3) is 0 Å². The van der Waals surface area contributed by atoms with E-state index >= 15 is 0 Å². The second-order valence-corrected chi connectivity index (χ2v) is 13.9.